The van der Waals surface area contributed by atoms with Crippen LogP contribution < -0.4 is 0 Å². The van der Waals surface area contributed by atoms with Gasteiger partial charge in [-0.05, 0) is 42.3 Å². The zero-order valence-electron chi connectivity index (χ0n) is 15.1. The second-order valence-electron chi connectivity index (χ2n) is 6.64. The average molecular weight is 356 g/mol. The van der Waals surface area contributed by atoms with Gasteiger partial charge in [0.1, 0.15) is 0 Å². The number of carboxylic acids is 1. The van der Waals surface area contributed by atoms with E-state index in [1.807, 2.05) is 30.3 Å². The number of rotatable bonds is 5. The fourth-order valence-corrected chi connectivity index (χ4v) is 3.62. The molecule has 0 bridgehead atoms. The number of carboxylic acid groups (broad SMARTS) is 1. The van der Waals surface area contributed by atoms with Crippen LogP contribution in [0.4, 0.5) is 0 Å². The van der Waals surface area contributed by atoms with E-state index in [0.29, 0.717) is 6.54 Å². The summed E-state index contributed by atoms with van der Waals surface area (Å²) >= 11 is 0. The maximum atomic E-state index is 11.3. The predicted molar refractivity (Wildman–Crippen MR) is 108 cm³/mol. The molecule has 1 N–H and O–H groups in total. The topological polar surface area (TPSA) is 55.1 Å². The summed E-state index contributed by atoms with van der Waals surface area (Å²) in [6.45, 7) is 2.50. The zero-order chi connectivity index (χ0) is 18.8. The van der Waals surface area contributed by atoms with Gasteiger partial charge in [-0.15, -0.1) is 0 Å². The summed E-state index contributed by atoms with van der Waals surface area (Å²) < 4.78 is 2.13. The summed E-state index contributed by atoms with van der Waals surface area (Å²) in [5.74, 6) is -0.798. The molecule has 0 radical (unpaired) electrons. The molecule has 2 heterocycles. The number of fused-ring (bicyclic) bond motifs is 1. The molecule has 4 aromatic rings. The first-order chi connectivity index (χ1) is 13.1. The van der Waals surface area contributed by atoms with Crippen molar-refractivity contribution in [1.29, 1.82) is 0 Å². The smallest absolute Gasteiger partial charge is 0.305 e. The van der Waals surface area contributed by atoms with E-state index in [2.05, 4.69) is 46.8 Å². The monoisotopic (exact) mass is 356 g/mol. The van der Waals surface area contributed by atoms with Crippen LogP contribution in [0.2, 0.25) is 0 Å². The molecule has 134 valence electrons. The van der Waals surface area contributed by atoms with E-state index >= 15 is 0 Å². The van der Waals surface area contributed by atoms with Crippen molar-refractivity contribution in [3.63, 3.8) is 0 Å². The van der Waals surface area contributed by atoms with Crippen LogP contribution in [0.3, 0.4) is 0 Å². The summed E-state index contributed by atoms with van der Waals surface area (Å²) in [4.78, 5) is 15.4. The van der Waals surface area contributed by atoms with Gasteiger partial charge >= 0.3 is 5.97 Å². The third kappa shape index (κ3) is 3.22. The highest BCUT2D eigenvalue weighted by molar-refractivity contribution is 6.04. The number of carbonyl (C=O) groups is 1. The molecule has 0 spiro atoms. The van der Waals surface area contributed by atoms with Crippen LogP contribution in [0.5, 0.6) is 0 Å². The van der Waals surface area contributed by atoms with Gasteiger partial charge in [-0.1, -0.05) is 42.0 Å². The second-order valence-corrected chi connectivity index (χ2v) is 6.64. The molecule has 2 aromatic heterocycles. The number of pyridine rings is 1. The summed E-state index contributed by atoms with van der Waals surface area (Å²) in [6, 6.07) is 20.5. The van der Waals surface area contributed by atoms with Crippen LogP contribution in [-0.2, 0) is 11.3 Å². The lowest BCUT2D eigenvalue weighted by Crippen LogP contribution is -2.06. The Morgan fingerprint density at radius 3 is 2.44 bits per heavy atom. The number of hydrogen-bond donors (Lipinski definition) is 1. The summed E-state index contributed by atoms with van der Waals surface area (Å²) in [5.41, 5.74) is 6.54. The van der Waals surface area contributed by atoms with Gasteiger partial charge in [-0.25, -0.2) is 0 Å². The number of aromatic nitrogens is 2. The molecule has 2 aromatic carbocycles. The number of nitrogens with zero attached hydrogens (tertiary/aromatic N) is 2. The highest BCUT2D eigenvalue weighted by Crippen LogP contribution is 2.41. The third-order valence-corrected chi connectivity index (χ3v) is 4.78. The van der Waals surface area contributed by atoms with Gasteiger partial charge in [-0.2, -0.15) is 0 Å². The van der Waals surface area contributed by atoms with Crippen LogP contribution in [0, 0.1) is 6.92 Å². The van der Waals surface area contributed by atoms with Crippen molar-refractivity contribution < 1.29 is 9.90 Å². The van der Waals surface area contributed by atoms with Crippen LogP contribution in [0.1, 0.15) is 12.0 Å². The molecule has 0 amide bonds. The van der Waals surface area contributed by atoms with Crippen LogP contribution in [0.25, 0.3) is 33.3 Å². The maximum Gasteiger partial charge on any atom is 0.305 e. The van der Waals surface area contributed by atoms with Crippen LogP contribution in [0.15, 0.2) is 73.1 Å². The van der Waals surface area contributed by atoms with Crippen molar-refractivity contribution in [3.05, 3.63) is 78.6 Å². The summed E-state index contributed by atoms with van der Waals surface area (Å²) in [7, 11) is 0. The van der Waals surface area contributed by atoms with Gasteiger partial charge in [0.2, 0.25) is 0 Å². The van der Waals surface area contributed by atoms with Gasteiger partial charge in [0.25, 0.3) is 0 Å². The first-order valence-corrected chi connectivity index (χ1v) is 8.95. The number of aliphatic carboxylic acids is 1. The summed E-state index contributed by atoms with van der Waals surface area (Å²) in [5, 5.41) is 10.4. The first kappa shape index (κ1) is 17.0. The van der Waals surface area contributed by atoms with Gasteiger partial charge in [0.05, 0.1) is 12.1 Å². The molecule has 0 saturated heterocycles. The van der Waals surface area contributed by atoms with Crippen LogP contribution in [-0.4, -0.2) is 20.6 Å². The molecule has 27 heavy (non-hydrogen) atoms. The lowest BCUT2D eigenvalue weighted by molar-refractivity contribution is -0.137. The largest absolute Gasteiger partial charge is 0.481 e. The van der Waals surface area contributed by atoms with E-state index in [9.17, 15) is 9.90 Å². The fraction of sp³-hybridized carbons (Fsp3) is 0.130. The third-order valence-electron chi connectivity index (χ3n) is 4.78. The normalized spacial score (nSPS) is 11.0. The number of aryl methyl sites for hydroxylation is 2. The molecule has 0 saturated carbocycles. The number of hydrogen-bond acceptors (Lipinski definition) is 2. The molecule has 0 aliphatic heterocycles. The molecular formula is C23H20N2O2. The second kappa shape index (κ2) is 7.08. The van der Waals surface area contributed by atoms with Crippen molar-refractivity contribution in [3.8, 4) is 22.4 Å². The molecule has 4 rings (SSSR count). The fourth-order valence-electron chi connectivity index (χ4n) is 3.62. The highest BCUT2D eigenvalue weighted by Gasteiger charge is 2.20. The molecule has 0 aliphatic rings. The SMILES string of the molecule is Cc1ccc2c(c1)c(-c1ccncc1)c(-c1ccccc1)n2CCC(=O)O. The Bertz CT molecular complexity index is 1100. The molecule has 4 nitrogen and oxygen atoms in total. The van der Waals surface area contributed by atoms with E-state index in [1.54, 1.807) is 12.4 Å². The minimum atomic E-state index is -0.798. The predicted octanol–water partition coefficient (Wildman–Crippen LogP) is 5.15. The lowest BCUT2D eigenvalue weighted by atomic mass is 9.98. The molecule has 0 fully saturated rings. The quantitative estimate of drug-likeness (QED) is 0.538. The maximum absolute atomic E-state index is 11.3. The molecule has 0 aliphatic carbocycles. The van der Waals surface area contributed by atoms with Crippen molar-refractivity contribution in [2.24, 2.45) is 0 Å². The van der Waals surface area contributed by atoms with E-state index in [4.69, 9.17) is 0 Å². The van der Waals surface area contributed by atoms with E-state index in [1.165, 1.54) is 5.56 Å². The molecule has 0 atom stereocenters. The average Bonchev–Trinajstić information content (AvgIpc) is 3.01. The Kier molecular flexibility index (Phi) is 4.47. The van der Waals surface area contributed by atoms with Crippen molar-refractivity contribution >= 4 is 16.9 Å². The molecule has 4 heteroatoms. The number of benzene rings is 2. The van der Waals surface area contributed by atoms with Crippen molar-refractivity contribution in [2.45, 2.75) is 19.9 Å². The highest BCUT2D eigenvalue weighted by atomic mass is 16.4. The first-order valence-electron chi connectivity index (χ1n) is 8.95. The van der Waals surface area contributed by atoms with Crippen molar-refractivity contribution in [1.82, 2.24) is 9.55 Å². The zero-order valence-corrected chi connectivity index (χ0v) is 15.1. The Morgan fingerprint density at radius 2 is 1.74 bits per heavy atom. The lowest BCUT2D eigenvalue weighted by Gasteiger charge is -2.12. The van der Waals surface area contributed by atoms with Crippen molar-refractivity contribution in [2.75, 3.05) is 0 Å². The van der Waals surface area contributed by atoms with Gasteiger partial charge in [0.15, 0.2) is 0 Å². The Hall–Kier alpha value is -3.40. The van der Waals surface area contributed by atoms with E-state index in [-0.39, 0.29) is 6.42 Å². The molecular weight excluding hydrogens is 336 g/mol. The van der Waals surface area contributed by atoms with E-state index < -0.39 is 5.97 Å². The Morgan fingerprint density at radius 1 is 1.00 bits per heavy atom. The minimum absolute atomic E-state index is 0.0767. The van der Waals surface area contributed by atoms with Gasteiger partial charge in [-0.3, -0.25) is 9.78 Å². The Balaban J connectivity index is 2.09. The van der Waals surface area contributed by atoms with Gasteiger partial charge in [0, 0.05) is 35.4 Å². The molecule has 0 unspecified atom stereocenters. The van der Waals surface area contributed by atoms with Crippen LogP contribution >= 0.6 is 0 Å². The minimum Gasteiger partial charge on any atom is -0.481 e. The van der Waals surface area contributed by atoms with E-state index in [0.717, 1.165) is 33.3 Å². The van der Waals surface area contributed by atoms with Gasteiger partial charge < -0.3 is 9.67 Å². The standard InChI is InChI=1S/C23H20N2O2/c1-16-7-8-20-19(15-16)22(17-9-12-24-13-10-17)23(18-5-3-2-4-6-18)25(20)14-11-21(26)27/h2-10,12-13,15H,11,14H2,1H3,(H,26,27). The Labute approximate surface area is 157 Å². The summed E-state index contributed by atoms with van der Waals surface area (Å²) in [6.07, 6.45) is 3.66.